The number of nitrogens with zero attached hydrogens (tertiary/aromatic N) is 1. The summed E-state index contributed by atoms with van der Waals surface area (Å²) < 4.78 is 54.7. The number of rotatable bonds is 12. The molecule has 2 aromatic rings. The average Bonchev–Trinajstić information content (AvgIpc) is 3.45. The number of amides is 2. The molecule has 40 heavy (non-hydrogen) atoms. The van der Waals surface area contributed by atoms with E-state index in [9.17, 15) is 37.0 Å². The normalized spacial score (nSPS) is 17.3. The van der Waals surface area contributed by atoms with Gasteiger partial charge in [-0.05, 0) is 67.1 Å². The minimum absolute atomic E-state index is 0.0365. The summed E-state index contributed by atoms with van der Waals surface area (Å²) in [6, 6.07) is 6.77. The smallest absolute Gasteiger partial charge is 0.251 e. The van der Waals surface area contributed by atoms with E-state index in [1.54, 1.807) is 0 Å². The van der Waals surface area contributed by atoms with Crippen molar-refractivity contribution in [1.82, 2.24) is 14.9 Å². The van der Waals surface area contributed by atoms with Gasteiger partial charge < -0.3 is 20.8 Å². The van der Waals surface area contributed by atoms with Crippen molar-refractivity contribution in [3.63, 3.8) is 0 Å². The molecule has 9 nitrogen and oxygen atoms in total. The molecule has 1 aliphatic heterocycles. The maximum atomic E-state index is 13.9. The monoisotopic (exact) mass is 581 g/mol. The molecule has 1 heterocycles. The third-order valence-corrected chi connectivity index (χ3v) is 8.80. The number of benzene rings is 2. The second-order valence-electron chi connectivity index (χ2n) is 10.6. The number of aliphatic hydroxyl groups is 2. The van der Waals surface area contributed by atoms with Crippen LogP contribution in [0.5, 0.6) is 0 Å². The maximum Gasteiger partial charge on any atom is 0.251 e. The molecule has 0 bridgehead atoms. The lowest BCUT2D eigenvalue weighted by atomic mass is 9.90. The highest BCUT2D eigenvalue weighted by Crippen LogP contribution is 2.22. The Balaban J connectivity index is 1.81. The van der Waals surface area contributed by atoms with E-state index in [1.165, 1.54) is 35.5 Å². The van der Waals surface area contributed by atoms with Crippen LogP contribution in [0.1, 0.15) is 49.5 Å². The fourth-order valence-electron chi connectivity index (χ4n) is 4.50. The number of carbonyl (C=O) groups is 2. The highest BCUT2D eigenvalue weighted by atomic mass is 32.2. The SMILES string of the molecule is CC(C)CNC(=O)[C@H](C)[C@@H](O)[C@H](O)[C@H](Cc1cc(F)cc(F)c1)NC(=O)c1ccc(S(=O)(=O)N2CCCC2)cc1. The number of hydrogen-bond donors (Lipinski definition) is 4. The van der Waals surface area contributed by atoms with Gasteiger partial charge in [-0.2, -0.15) is 4.31 Å². The van der Waals surface area contributed by atoms with E-state index in [1.807, 2.05) is 13.8 Å². The van der Waals surface area contributed by atoms with Gasteiger partial charge in [-0.25, -0.2) is 17.2 Å². The summed E-state index contributed by atoms with van der Waals surface area (Å²) in [4.78, 5) is 25.6. The van der Waals surface area contributed by atoms with Crippen LogP contribution >= 0.6 is 0 Å². The summed E-state index contributed by atoms with van der Waals surface area (Å²) in [6.45, 7) is 6.44. The molecule has 1 saturated heterocycles. The summed E-state index contributed by atoms with van der Waals surface area (Å²) in [5, 5.41) is 27.1. The molecule has 220 valence electrons. The fraction of sp³-hybridized carbons (Fsp3) is 0.500. The molecule has 2 aromatic carbocycles. The van der Waals surface area contributed by atoms with Crippen LogP contribution in [0.25, 0.3) is 0 Å². The standard InChI is InChI=1S/C28H37F2N3O6S/c1-17(2)16-31-27(36)18(3)25(34)26(35)24(14-19-12-21(29)15-22(30)13-19)32-28(37)20-6-8-23(9-7-20)40(38,39)33-10-4-5-11-33/h6-9,12-13,15,17-18,24-26,34-35H,4-5,10-11,14,16H2,1-3H3,(H,31,36)(H,32,37)/t18-,24+,25-,26-/m1/s1. The van der Waals surface area contributed by atoms with Crippen molar-refractivity contribution in [2.24, 2.45) is 11.8 Å². The van der Waals surface area contributed by atoms with Crippen LogP contribution in [0, 0.1) is 23.5 Å². The molecule has 0 radical (unpaired) electrons. The van der Waals surface area contributed by atoms with Crippen LogP contribution in [0.4, 0.5) is 8.78 Å². The predicted molar refractivity (Wildman–Crippen MR) is 145 cm³/mol. The van der Waals surface area contributed by atoms with Crippen LogP contribution in [-0.2, 0) is 21.2 Å². The fourth-order valence-corrected chi connectivity index (χ4v) is 6.02. The second kappa shape index (κ2) is 13.6. The van der Waals surface area contributed by atoms with Gasteiger partial charge in [-0.15, -0.1) is 0 Å². The van der Waals surface area contributed by atoms with Gasteiger partial charge in [0.15, 0.2) is 0 Å². The minimum Gasteiger partial charge on any atom is -0.390 e. The highest BCUT2D eigenvalue weighted by Gasteiger charge is 2.35. The van der Waals surface area contributed by atoms with Crippen molar-refractivity contribution in [1.29, 1.82) is 0 Å². The summed E-state index contributed by atoms with van der Waals surface area (Å²) in [5.74, 6) is -3.83. The largest absolute Gasteiger partial charge is 0.390 e. The minimum atomic E-state index is -3.69. The quantitative estimate of drug-likeness (QED) is 0.304. The Labute approximate surface area is 233 Å². The number of aliphatic hydroxyl groups excluding tert-OH is 2. The topological polar surface area (TPSA) is 136 Å². The Hall–Kier alpha value is -2.93. The Bertz CT molecular complexity index is 1260. The number of halogens is 2. The van der Waals surface area contributed by atoms with E-state index in [2.05, 4.69) is 10.6 Å². The molecule has 0 spiro atoms. The Morgan fingerprint density at radius 1 is 0.950 bits per heavy atom. The van der Waals surface area contributed by atoms with E-state index in [-0.39, 0.29) is 28.4 Å². The zero-order valence-electron chi connectivity index (χ0n) is 22.8. The van der Waals surface area contributed by atoms with Crippen molar-refractivity contribution < 1.29 is 37.0 Å². The molecule has 12 heteroatoms. The molecule has 4 N–H and O–H groups in total. The first-order valence-corrected chi connectivity index (χ1v) is 14.7. The van der Waals surface area contributed by atoms with E-state index >= 15 is 0 Å². The first kappa shape index (κ1) is 31.6. The van der Waals surface area contributed by atoms with E-state index in [0.29, 0.717) is 25.7 Å². The molecule has 1 aliphatic rings. The van der Waals surface area contributed by atoms with Gasteiger partial charge in [0.1, 0.15) is 17.7 Å². The van der Waals surface area contributed by atoms with Gasteiger partial charge in [0.25, 0.3) is 5.91 Å². The van der Waals surface area contributed by atoms with Crippen molar-refractivity contribution in [2.45, 2.75) is 63.2 Å². The molecule has 2 amide bonds. The van der Waals surface area contributed by atoms with Crippen LogP contribution in [0.15, 0.2) is 47.4 Å². The van der Waals surface area contributed by atoms with Crippen molar-refractivity contribution >= 4 is 21.8 Å². The summed E-state index contributed by atoms with van der Waals surface area (Å²) >= 11 is 0. The number of hydrogen-bond acceptors (Lipinski definition) is 6. The lowest BCUT2D eigenvalue weighted by Gasteiger charge is -2.31. The Morgan fingerprint density at radius 3 is 2.08 bits per heavy atom. The van der Waals surface area contributed by atoms with Crippen molar-refractivity contribution in [3.8, 4) is 0 Å². The first-order valence-electron chi connectivity index (χ1n) is 13.3. The van der Waals surface area contributed by atoms with Gasteiger partial charge in [-0.1, -0.05) is 20.8 Å². The Kier molecular flexibility index (Phi) is 10.8. The molecule has 3 rings (SSSR count). The third kappa shape index (κ3) is 8.06. The molecular weight excluding hydrogens is 544 g/mol. The van der Waals surface area contributed by atoms with Gasteiger partial charge in [-0.3, -0.25) is 9.59 Å². The molecule has 0 saturated carbocycles. The number of sulfonamides is 1. The highest BCUT2D eigenvalue weighted by molar-refractivity contribution is 7.89. The molecule has 4 atom stereocenters. The van der Waals surface area contributed by atoms with E-state index in [0.717, 1.165) is 25.0 Å². The zero-order valence-corrected chi connectivity index (χ0v) is 23.6. The zero-order chi connectivity index (χ0) is 29.6. The molecule has 0 unspecified atom stereocenters. The van der Waals surface area contributed by atoms with E-state index < -0.39 is 57.6 Å². The molecular formula is C28H37F2N3O6S. The second-order valence-corrected chi connectivity index (χ2v) is 12.5. The van der Waals surface area contributed by atoms with Crippen molar-refractivity contribution in [2.75, 3.05) is 19.6 Å². The van der Waals surface area contributed by atoms with Gasteiger partial charge in [0, 0.05) is 31.3 Å². The van der Waals surface area contributed by atoms with Crippen LogP contribution < -0.4 is 10.6 Å². The lowest BCUT2D eigenvalue weighted by Crippen LogP contribution is -2.53. The molecule has 1 fully saturated rings. The van der Waals surface area contributed by atoms with Crippen molar-refractivity contribution in [3.05, 3.63) is 65.2 Å². The van der Waals surface area contributed by atoms with E-state index in [4.69, 9.17) is 0 Å². The third-order valence-electron chi connectivity index (χ3n) is 6.89. The van der Waals surface area contributed by atoms with Gasteiger partial charge >= 0.3 is 0 Å². The van der Waals surface area contributed by atoms with Crippen LogP contribution in [-0.4, -0.2) is 72.6 Å². The molecule has 0 aliphatic carbocycles. The predicted octanol–water partition coefficient (Wildman–Crippen LogP) is 2.22. The maximum absolute atomic E-state index is 13.9. The Morgan fingerprint density at radius 2 is 1.52 bits per heavy atom. The van der Waals surface area contributed by atoms with Gasteiger partial charge in [0.2, 0.25) is 15.9 Å². The average molecular weight is 582 g/mol. The number of nitrogens with one attached hydrogen (secondary N) is 2. The first-order chi connectivity index (χ1) is 18.8. The number of carbonyl (C=O) groups excluding carboxylic acids is 2. The summed E-state index contributed by atoms with van der Waals surface area (Å²) in [7, 11) is -3.69. The summed E-state index contributed by atoms with van der Waals surface area (Å²) in [5.41, 5.74) is 0.179. The summed E-state index contributed by atoms with van der Waals surface area (Å²) in [6.07, 6.45) is -2.01. The van der Waals surface area contributed by atoms with Crippen LogP contribution in [0.2, 0.25) is 0 Å². The lowest BCUT2D eigenvalue weighted by molar-refractivity contribution is -0.131. The molecule has 0 aromatic heterocycles. The van der Waals surface area contributed by atoms with Gasteiger partial charge in [0.05, 0.1) is 23.0 Å². The van der Waals surface area contributed by atoms with Crippen LogP contribution in [0.3, 0.4) is 0 Å².